The minimum Gasteiger partial charge on any atom is -0.316 e. The summed E-state index contributed by atoms with van der Waals surface area (Å²) in [4.78, 5) is 27.4. The van der Waals surface area contributed by atoms with Crippen LogP contribution in [0.4, 0.5) is 0 Å². The molecule has 4 rings (SSSR count). The van der Waals surface area contributed by atoms with E-state index in [1.807, 2.05) is 6.07 Å². The Morgan fingerprint density at radius 1 is 1.00 bits per heavy atom. The molecular weight excluding hydrogens is 380 g/mol. The minimum atomic E-state index is -0.182. The number of carbonyl (C=O) groups is 2. The van der Waals surface area contributed by atoms with Crippen LogP contribution in [0.15, 0.2) is 41.3 Å². The first-order valence-electron chi connectivity index (χ1n) is 9.26. The number of nitrogens with zero attached hydrogens (tertiary/aromatic N) is 1. The molecule has 0 spiro atoms. The van der Waals surface area contributed by atoms with Gasteiger partial charge in [-0.3, -0.25) is 14.5 Å². The van der Waals surface area contributed by atoms with Gasteiger partial charge >= 0.3 is 0 Å². The second kappa shape index (κ2) is 8.05. The van der Waals surface area contributed by atoms with Crippen molar-refractivity contribution in [2.24, 2.45) is 0 Å². The molecule has 2 aliphatic heterocycles. The maximum Gasteiger partial charge on any atom is 0.261 e. The Morgan fingerprint density at radius 2 is 1.70 bits per heavy atom. The molecule has 2 heterocycles. The monoisotopic (exact) mass is 400 g/mol. The molecule has 0 atom stereocenters. The summed E-state index contributed by atoms with van der Waals surface area (Å²) in [7, 11) is 0. The first-order chi connectivity index (χ1) is 13.2. The maximum atomic E-state index is 12.4. The first-order valence-corrected chi connectivity index (χ1v) is 10.6. The highest BCUT2D eigenvalue weighted by Crippen LogP contribution is 2.34. The van der Waals surface area contributed by atoms with Crippen molar-refractivity contribution in [2.75, 3.05) is 25.4 Å². The molecule has 2 aliphatic rings. The molecule has 2 amide bonds. The van der Waals surface area contributed by atoms with E-state index in [1.165, 1.54) is 16.0 Å². The third-order valence-electron chi connectivity index (χ3n) is 5.08. The topological polar surface area (TPSA) is 49.4 Å². The number of carbonyl (C=O) groups excluding carboxylic acids is 2. The number of nitrogens with one attached hydrogen (secondary N) is 1. The molecule has 0 aliphatic carbocycles. The van der Waals surface area contributed by atoms with Gasteiger partial charge in [-0.15, -0.1) is 11.8 Å². The maximum absolute atomic E-state index is 12.4. The molecule has 0 saturated carbocycles. The molecule has 140 valence electrons. The fourth-order valence-corrected chi connectivity index (χ4v) is 5.14. The number of amides is 2. The third kappa shape index (κ3) is 3.64. The van der Waals surface area contributed by atoms with Crippen LogP contribution in [0.1, 0.15) is 38.3 Å². The Labute approximate surface area is 168 Å². The van der Waals surface area contributed by atoms with E-state index in [1.54, 1.807) is 36.0 Å². The van der Waals surface area contributed by atoms with E-state index in [-0.39, 0.29) is 11.8 Å². The summed E-state index contributed by atoms with van der Waals surface area (Å²) in [5.74, 6) is 0.452. The Hall–Kier alpha value is -1.82. The van der Waals surface area contributed by atoms with Crippen LogP contribution in [0.3, 0.4) is 0 Å². The highest BCUT2D eigenvalue weighted by Gasteiger charge is 2.34. The zero-order chi connectivity index (χ0) is 18.8. The molecule has 0 saturated heterocycles. The zero-order valence-corrected chi connectivity index (χ0v) is 16.5. The van der Waals surface area contributed by atoms with Gasteiger partial charge in [-0.2, -0.15) is 0 Å². The summed E-state index contributed by atoms with van der Waals surface area (Å²) in [6.07, 6.45) is 2.75. The molecule has 2 aromatic rings. The van der Waals surface area contributed by atoms with E-state index in [0.29, 0.717) is 17.7 Å². The van der Waals surface area contributed by atoms with Crippen LogP contribution in [0.5, 0.6) is 0 Å². The van der Waals surface area contributed by atoms with Crippen LogP contribution in [0, 0.1) is 0 Å². The summed E-state index contributed by atoms with van der Waals surface area (Å²) in [6.45, 7) is 2.40. The van der Waals surface area contributed by atoms with E-state index in [2.05, 4.69) is 11.4 Å². The summed E-state index contributed by atoms with van der Waals surface area (Å²) in [6, 6.07) is 11.1. The highest BCUT2D eigenvalue weighted by atomic mass is 35.5. The normalized spacial score (nSPS) is 16.3. The fraction of sp³-hybridized carbons (Fsp3) is 0.333. The largest absolute Gasteiger partial charge is 0.316 e. The van der Waals surface area contributed by atoms with E-state index in [4.69, 9.17) is 11.6 Å². The van der Waals surface area contributed by atoms with Crippen LogP contribution in [0.2, 0.25) is 5.02 Å². The van der Waals surface area contributed by atoms with Gasteiger partial charge in [0.2, 0.25) is 0 Å². The quantitative estimate of drug-likeness (QED) is 0.471. The van der Waals surface area contributed by atoms with Crippen LogP contribution >= 0.6 is 23.4 Å². The summed E-state index contributed by atoms with van der Waals surface area (Å²) >= 11 is 8.20. The summed E-state index contributed by atoms with van der Waals surface area (Å²) in [5.41, 5.74) is 3.74. The molecule has 27 heavy (non-hydrogen) atoms. The van der Waals surface area contributed by atoms with Crippen molar-refractivity contribution in [3.05, 3.63) is 63.7 Å². The number of hydrogen-bond acceptors (Lipinski definition) is 4. The van der Waals surface area contributed by atoms with Gasteiger partial charge in [-0.25, -0.2) is 0 Å². The zero-order valence-electron chi connectivity index (χ0n) is 15.0. The van der Waals surface area contributed by atoms with E-state index >= 15 is 0 Å². The number of thioether (sulfide) groups is 1. The molecule has 0 radical (unpaired) electrons. The molecule has 0 unspecified atom stereocenters. The van der Waals surface area contributed by atoms with Crippen molar-refractivity contribution in [1.29, 1.82) is 0 Å². The van der Waals surface area contributed by atoms with Crippen molar-refractivity contribution < 1.29 is 9.59 Å². The number of imide groups is 1. The van der Waals surface area contributed by atoms with Gasteiger partial charge in [0.05, 0.1) is 16.1 Å². The Bertz CT molecular complexity index is 865. The summed E-state index contributed by atoms with van der Waals surface area (Å²) in [5, 5.41) is 4.22. The van der Waals surface area contributed by atoms with Gasteiger partial charge in [-0.05, 0) is 67.4 Å². The number of halogens is 1. The molecule has 2 aromatic carbocycles. The Morgan fingerprint density at radius 3 is 2.44 bits per heavy atom. The lowest BCUT2D eigenvalue weighted by atomic mass is 10.0. The Balaban J connectivity index is 1.39. The van der Waals surface area contributed by atoms with Gasteiger partial charge in [0, 0.05) is 11.4 Å². The van der Waals surface area contributed by atoms with Crippen molar-refractivity contribution in [3.8, 4) is 0 Å². The van der Waals surface area contributed by atoms with Crippen LogP contribution in [-0.2, 0) is 12.8 Å². The predicted molar refractivity (Wildman–Crippen MR) is 109 cm³/mol. The van der Waals surface area contributed by atoms with Gasteiger partial charge in [-0.1, -0.05) is 29.8 Å². The van der Waals surface area contributed by atoms with Crippen LogP contribution in [-0.4, -0.2) is 42.1 Å². The second-order valence-corrected chi connectivity index (χ2v) is 8.29. The second-order valence-electron chi connectivity index (χ2n) is 6.77. The minimum absolute atomic E-state index is 0.182. The van der Waals surface area contributed by atoms with E-state index in [9.17, 15) is 9.59 Å². The number of fused-ring (bicyclic) bond motifs is 2. The van der Waals surface area contributed by atoms with Gasteiger partial charge in [0.25, 0.3) is 11.8 Å². The van der Waals surface area contributed by atoms with Gasteiger partial charge < -0.3 is 5.32 Å². The molecule has 4 nitrogen and oxygen atoms in total. The predicted octanol–water partition coefficient (Wildman–Crippen LogP) is 3.81. The molecule has 0 fully saturated rings. The van der Waals surface area contributed by atoms with Crippen molar-refractivity contribution in [1.82, 2.24) is 10.2 Å². The third-order valence-corrected chi connectivity index (χ3v) is 6.76. The molecule has 0 bridgehead atoms. The Kier molecular flexibility index (Phi) is 5.53. The SMILES string of the molecule is O=C1c2ccccc2C(=O)N1CCCSc1c(Cl)ccc2c1CCNCC2. The van der Waals surface area contributed by atoms with Crippen LogP contribution in [0.25, 0.3) is 0 Å². The summed E-state index contributed by atoms with van der Waals surface area (Å²) < 4.78 is 0. The average molecular weight is 401 g/mol. The van der Waals surface area contributed by atoms with Crippen molar-refractivity contribution in [3.63, 3.8) is 0 Å². The smallest absolute Gasteiger partial charge is 0.261 e. The molecule has 1 N–H and O–H groups in total. The van der Waals surface area contributed by atoms with Crippen LogP contribution < -0.4 is 5.32 Å². The van der Waals surface area contributed by atoms with Crippen molar-refractivity contribution >= 4 is 35.2 Å². The number of rotatable bonds is 5. The first kappa shape index (κ1) is 18.5. The number of benzene rings is 2. The average Bonchev–Trinajstić information content (AvgIpc) is 2.84. The molecule has 0 aromatic heterocycles. The standard InChI is InChI=1S/C21H21ClN2O2S/c22-18-7-6-14-8-10-23-11-9-15(14)19(18)27-13-3-12-24-20(25)16-4-1-2-5-17(16)21(24)26/h1-2,4-7,23H,3,8-13H2. The number of hydrogen-bond donors (Lipinski definition) is 1. The van der Waals surface area contributed by atoms with Gasteiger partial charge in [0.1, 0.15) is 0 Å². The lowest BCUT2D eigenvalue weighted by Crippen LogP contribution is -2.31. The van der Waals surface area contributed by atoms with Gasteiger partial charge in [0.15, 0.2) is 0 Å². The van der Waals surface area contributed by atoms with Crippen molar-refractivity contribution in [2.45, 2.75) is 24.2 Å². The molecular formula is C21H21ClN2O2S. The lowest BCUT2D eigenvalue weighted by Gasteiger charge is -2.16. The highest BCUT2D eigenvalue weighted by molar-refractivity contribution is 7.99. The van der Waals surface area contributed by atoms with E-state index < -0.39 is 0 Å². The van der Waals surface area contributed by atoms with E-state index in [0.717, 1.165) is 48.0 Å². The lowest BCUT2D eigenvalue weighted by molar-refractivity contribution is 0.0655. The molecule has 6 heteroatoms. The fourth-order valence-electron chi connectivity index (χ4n) is 3.70.